The molecule has 1 aliphatic rings. The molecule has 28 heavy (non-hydrogen) atoms. The number of hydrogen-bond donors (Lipinski definition) is 2. The predicted octanol–water partition coefficient (Wildman–Crippen LogP) is 4.26. The van der Waals surface area contributed by atoms with Gasteiger partial charge in [-0.1, -0.05) is 35.9 Å². The molecule has 1 heterocycles. The van der Waals surface area contributed by atoms with Gasteiger partial charge in [-0.25, -0.2) is 15.4 Å². The lowest BCUT2D eigenvalue weighted by molar-refractivity contribution is 0.0706. The van der Waals surface area contributed by atoms with Crippen LogP contribution in [-0.4, -0.2) is 21.1 Å². The number of aromatic nitrogens is 2. The number of amides is 1. The molecule has 3 aromatic rings. The number of benzene rings is 2. The Kier molecular flexibility index (Phi) is 5.37. The van der Waals surface area contributed by atoms with Gasteiger partial charge in [-0.15, -0.1) is 0 Å². The zero-order valence-corrected chi connectivity index (χ0v) is 16.0. The number of fused-ring (bicyclic) bond motifs is 1. The molecule has 0 spiro atoms. The second kappa shape index (κ2) is 8.09. The molecular formula is C22H20ClN3O2. The van der Waals surface area contributed by atoms with Crippen molar-refractivity contribution in [3.8, 4) is 11.3 Å². The maximum absolute atomic E-state index is 11.7. The lowest BCUT2D eigenvalue weighted by atomic mass is 9.81. The van der Waals surface area contributed by atoms with Crippen LogP contribution in [0.4, 0.5) is 0 Å². The number of halogens is 1. The summed E-state index contributed by atoms with van der Waals surface area (Å²) in [4.78, 5) is 20.9. The van der Waals surface area contributed by atoms with E-state index in [-0.39, 0.29) is 0 Å². The fourth-order valence-corrected chi connectivity index (χ4v) is 4.02. The van der Waals surface area contributed by atoms with Gasteiger partial charge < -0.3 is 0 Å². The number of carbonyl (C=O) groups is 1. The van der Waals surface area contributed by atoms with Crippen molar-refractivity contribution in [1.29, 1.82) is 0 Å². The highest BCUT2D eigenvalue weighted by atomic mass is 35.5. The minimum Gasteiger partial charge on any atom is -0.288 e. The van der Waals surface area contributed by atoms with Crippen LogP contribution in [0.1, 0.15) is 33.7 Å². The monoisotopic (exact) mass is 393 g/mol. The van der Waals surface area contributed by atoms with Crippen molar-refractivity contribution in [2.75, 3.05) is 0 Å². The average Bonchev–Trinajstić information content (AvgIpc) is 2.73. The van der Waals surface area contributed by atoms with Crippen molar-refractivity contribution in [2.45, 2.75) is 25.7 Å². The van der Waals surface area contributed by atoms with Gasteiger partial charge in [-0.05, 0) is 60.6 Å². The summed E-state index contributed by atoms with van der Waals surface area (Å²) in [5.74, 6) is 0.720. The standard InChI is InChI=1S/C22H20ClN3O2/c23-19-4-2-1-3-18(19)20-9-10-24-21(25-20)12-14-5-6-15-7-8-16(22(27)26-28)13-17(15)11-14/h1-4,7-10,13-14,28H,5-6,11-12H2,(H,26,27). The first-order valence-corrected chi connectivity index (χ1v) is 9.65. The Labute approximate surface area is 168 Å². The molecular weight excluding hydrogens is 374 g/mol. The molecule has 0 saturated heterocycles. The van der Waals surface area contributed by atoms with E-state index in [0.29, 0.717) is 16.5 Å². The molecule has 6 heteroatoms. The van der Waals surface area contributed by atoms with Gasteiger partial charge in [0.25, 0.3) is 5.91 Å². The number of nitrogens with zero attached hydrogens (tertiary/aromatic N) is 2. The second-order valence-electron chi connectivity index (χ2n) is 7.08. The van der Waals surface area contributed by atoms with Gasteiger partial charge in [-0.2, -0.15) is 0 Å². The maximum Gasteiger partial charge on any atom is 0.274 e. The van der Waals surface area contributed by atoms with Crippen molar-refractivity contribution in [3.63, 3.8) is 0 Å². The normalized spacial score (nSPS) is 15.7. The van der Waals surface area contributed by atoms with E-state index in [2.05, 4.69) is 4.98 Å². The van der Waals surface area contributed by atoms with E-state index < -0.39 is 5.91 Å². The predicted molar refractivity (Wildman–Crippen MR) is 107 cm³/mol. The van der Waals surface area contributed by atoms with Gasteiger partial charge in [0, 0.05) is 28.8 Å². The third kappa shape index (κ3) is 3.91. The summed E-state index contributed by atoms with van der Waals surface area (Å²) in [7, 11) is 0. The largest absolute Gasteiger partial charge is 0.288 e. The Morgan fingerprint density at radius 1 is 1.18 bits per heavy atom. The fourth-order valence-electron chi connectivity index (χ4n) is 3.79. The Hall–Kier alpha value is -2.76. The highest BCUT2D eigenvalue weighted by molar-refractivity contribution is 6.33. The average molecular weight is 394 g/mol. The van der Waals surface area contributed by atoms with Crippen molar-refractivity contribution in [2.24, 2.45) is 5.92 Å². The molecule has 1 aromatic heterocycles. The number of carbonyl (C=O) groups excluding carboxylic acids is 1. The molecule has 0 fully saturated rings. The molecule has 1 amide bonds. The molecule has 142 valence electrons. The quantitative estimate of drug-likeness (QED) is 0.513. The number of rotatable bonds is 4. The summed E-state index contributed by atoms with van der Waals surface area (Å²) in [6, 6.07) is 15.1. The minimum atomic E-state index is -0.485. The van der Waals surface area contributed by atoms with Gasteiger partial charge in [0.1, 0.15) is 5.82 Å². The number of hydroxylamine groups is 1. The van der Waals surface area contributed by atoms with Crippen LogP contribution in [0.2, 0.25) is 5.02 Å². The summed E-state index contributed by atoms with van der Waals surface area (Å²) < 4.78 is 0. The first kappa shape index (κ1) is 18.6. The molecule has 2 aromatic carbocycles. The van der Waals surface area contributed by atoms with Crippen LogP contribution in [0.15, 0.2) is 54.7 Å². The van der Waals surface area contributed by atoms with E-state index in [1.54, 1.807) is 17.7 Å². The Bertz CT molecular complexity index is 1020. The summed E-state index contributed by atoms with van der Waals surface area (Å²) in [6.07, 6.45) is 5.43. The van der Waals surface area contributed by atoms with Crippen molar-refractivity contribution >= 4 is 17.5 Å². The third-order valence-electron chi connectivity index (χ3n) is 5.23. The third-order valence-corrected chi connectivity index (χ3v) is 5.56. The maximum atomic E-state index is 11.7. The van der Waals surface area contributed by atoms with Gasteiger partial charge in [-0.3, -0.25) is 10.0 Å². The summed E-state index contributed by atoms with van der Waals surface area (Å²) in [6.45, 7) is 0. The first-order valence-electron chi connectivity index (χ1n) is 9.27. The lowest BCUT2D eigenvalue weighted by Crippen LogP contribution is -2.21. The molecule has 0 radical (unpaired) electrons. The van der Waals surface area contributed by atoms with Crippen LogP contribution >= 0.6 is 11.6 Å². The van der Waals surface area contributed by atoms with Crippen LogP contribution in [0.5, 0.6) is 0 Å². The van der Waals surface area contributed by atoms with E-state index in [4.69, 9.17) is 21.8 Å². The summed E-state index contributed by atoms with van der Waals surface area (Å²) >= 11 is 6.30. The van der Waals surface area contributed by atoms with Gasteiger partial charge >= 0.3 is 0 Å². The second-order valence-corrected chi connectivity index (χ2v) is 7.48. The van der Waals surface area contributed by atoms with Crippen molar-refractivity contribution < 1.29 is 10.0 Å². The molecule has 5 nitrogen and oxygen atoms in total. The van der Waals surface area contributed by atoms with E-state index >= 15 is 0 Å². The SMILES string of the molecule is O=C(NO)c1ccc2c(c1)CC(Cc1nccc(-c3ccccc3Cl)n1)CC2. The van der Waals surface area contributed by atoms with Crippen LogP contribution < -0.4 is 5.48 Å². The molecule has 1 atom stereocenters. The highest BCUT2D eigenvalue weighted by Gasteiger charge is 2.21. The Balaban J connectivity index is 1.53. The molecule has 2 N–H and O–H groups in total. The molecule has 1 unspecified atom stereocenters. The highest BCUT2D eigenvalue weighted by Crippen LogP contribution is 2.29. The first-order chi connectivity index (χ1) is 13.6. The zero-order valence-electron chi connectivity index (χ0n) is 15.2. The Morgan fingerprint density at radius 2 is 2.04 bits per heavy atom. The van der Waals surface area contributed by atoms with E-state index in [1.807, 2.05) is 42.5 Å². The number of nitrogens with one attached hydrogen (secondary N) is 1. The van der Waals surface area contributed by atoms with Gasteiger partial charge in [0.05, 0.1) is 5.69 Å². The summed E-state index contributed by atoms with van der Waals surface area (Å²) in [5, 5.41) is 9.53. The molecule has 0 saturated carbocycles. The van der Waals surface area contributed by atoms with Gasteiger partial charge in [0.15, 0.2) is 0 Å². The van der Waals surface area contributed by atoms with Crippen LogP contribution in [0.25, 0.3) is 11.3 Å². The van der Waals surface area contributed by atoms with Crippen LogP contribution in [0.3, 0.4) is 0 Å². The minimum absolute atomic E-state index is 0.404. The number of hydrogen-bond acceptors (Lipinski definition) is 4. The van der Waals surface area contributed by atoms with Crippen molar-refractivity contribution in [1.82, 2.24) is 15.4 Å². The van der Waals surface area contributed by atoms with E-state index in [9.17, 15) is 4.79 Å². The smallest absolute Gasteiger partial charge is 0.274 e. The Morgan fingerprint density at radius 3 is 2.86 bits per heavy atom. The zero-order chi connectivity index (χ0) is 19.5. The molecule has 4 rings (SSSR count). The lowest BCUT2D eigenvalue weighted by Gasteiger charge is -2.24. The number of aryl methyl sites for hydroxylation is 1. The topological polar surface area (TPSA) is 75.1 Å². The van der Waals surface area contributed by atoms with E-state index in [1.165, 1.54) is 5.56 Å². The fraction of sp³-hybridized carbons (Fsp3) is 0.227. The van der Waals surface area contributed by atoms with E-state index in [0.717, 1.165) is 48.3 Å². The van der Waals surface area contributed by atoms with Crippen LogP contribution in [0, 0.1) is 5.92 Å². The summed E-state index contributed by atoms with van der Waals surface area (Å²) in [5.41, 5.74) is 6.31. The molecule has 0 bridgehead atoms. The molecule has 1 aliphatic carbocycles. The molecule has 0 aliphatic heterocycles. The van der Waals surface area contributed by atoms with Gasteiger partial charge in [0.2, 0.25) is 0 Å². The van der Waals surface area contributed by atoms with Crippen LogP contribution in [-0.2, 0) is 19.3 Å². The van der Waals surface area contributed by atoms with Crippen molar-refractivity contribution in [3.05, 3.63) is 82.3 Å².